The van der Waals surface area contributed by atoms with E-state index in [1.165, 1.54) is 0 Å². The number of ether oxygens (including phenoxy) is 1. The number of piperidine rings is 1. The van der Waals surface area contributed by atoms with Gasteiger partial charge in [-0.25, -0.2) is 0 Å². The molecule has 2 aliphatic rings. The predicted octanol–water partition coefficient (Wildman–Crippen LogP) is 1.12. The summed E-state index contributed by atoms with van der Waals surface area (Å²) in [6.45, 7) is 10.1. The second-order valence-corrected chi connectivity index (χ2v) is 8.61. The van der Waals surface area contributed by atoms with Crippen molar-refractivity contribution in [3.05, 3.63) is 23.7 Å². The van der Waals surface area contributed by atoms with Crippen LogP contribution in [0.5, 0.6) is 0 Å². The zero-order valence-electron chi connectivity index (χ0n) is 16.3. The van der Waals surface area contributed by atoms with Crippen LogP contribution in [0.4, 0.5) is 0 Å². The number of fused-ring (bicyclic) bond motifs is 1. The van der Waals surface area contributed by atoms with Crippen LogP contribution in [0, 0.1) is 0 Å². The number of rotatable bonds is 3. The van der Waals surface area contributed by atoms with Crippen LogP contribution >= 0.6 is 0 Å². The highest BCUT2D eigenvalue weighted by Gasteiger charge is 2.28. The first-order valence-electron chi connectivity index (χ1n) is 9.73. The highest BCUT2D eigenvalue weighted by molar-refractivity contribution is 5.77. The van der Waals surface area contributed by atoms with E-state index in [1.807, 2.05) is 16.6 Å². The zero-order chi connectivity index (χ0) is 19.0. The Bertz CT molecular complexity index is 809. The fraction of sp³-hybridized carbons (Fsp3) is 0.684. The fourth-order valence-corrected chi connectivity index (χ4v) is 3.77. The molecular weight excluding hydrogens is 344 g/mol. The third-order valence-corrected chi connectivity index (χ3v) is 5.45. The average Bonchev–Trinajstić information content (AvgIpc) is 3.07. The van der Waals surface area contributed by atoms with Crippen LogP contribution in [0.25, 0.3) is 5.65 Å². The molecule has 4 heterocycles. The van der Waals surface area contributed by atoms with E-state index < -0.39 is 0 Å². The number of nitrogens with one attached hydrogen (secondary N) is 1. The summed E-state index contributed by atoms with van der Waals surface area (Å²) in [7, 11) is 0. The lowest BCUT2D eigenvalue weighted by Gasteiger charge is -2.34. The Kier molecular flexibility index (Phi) is 4.86. The third kappa shape index (κ3) is 3.96. The van der Waals surface area contributed by atoms with E-state index in [2.05, 4.69) is 41.2 Å². The summed E-state index contributed by atoms with van der Waals surface area (Å²) in [5.74, 6) is 1.31. The minimum absolute atomic E-state index is 0.00545. The van der Waals surface area contributed by atoms with Gasteiger partial charge in [0.05, 0.1) is 11.8 Å². The lowest BCUT2D eigenvalue weighted by atomic mass is 9.92. The van der Waals surface area contributed by atoms with Crippen molar-refractivity contribution in [2.24, 2.45) is 0 Å². The molecule has 0 aliphatic carbocycles. The maximum Gasteiger partial charge on any atom is 0.246 e. The minimum atomic E-state index is -0.0224. The Labute approximate surface area is 159 Å². The summed E-state index contributed by atoms with van der Waals surface area (Å²) < 4.78 is 7.54. The van der Waals surface area contributed by atoms with Crippen LogP contribution in [0.15, 0.2) is 12.1 Å². The Hall–Kier alpha value is -2.06. The summed E-state index contributed by atoms with van der Waals surface area (Å²) in [5, 5.41) is 16.5. The Balaban J connectivity index is 1.41. The van der Waals surface area contributed by atoms with Gasteiger partial charge < -0.3 is 15.0 Å². The van der Waals surface area contributed by atoms with Crippen LogP contribution in [-0.4, -0.2) is 69.5 Å². The van der Waals surface area contributed by atoms with Crippen LogP contribution in [0.3, 0.4) is 0 Å². The molecule has 146 valence electrons. The quantitative estimate of drug-likeness (QED) is 0.869. The smallest absolute Gasteiger partial charge is 0.246 e. The largest absolute Gasteiger partial charge is 0.365 e. The first-order chi connectivity index (χ1) is 12.9. The Morgan fingerprint density at radius 2 is 2.00 bits per heavy atom. The number of hydrogen-bond acceptors (Lipinski definition) is 6. The molecule has 1 amide bonds. The summed E-state index contributed by atoms with van der Waals surface area (Å²) >= 11 is 0. The van der Waals surface area contributed by atoms with Gasteiger partial charge in [0.2, 0.25) is 5.91 Å². The van der Waals surface area contributed by atoms with Crippen LogP contribution in [0.2, 0.25) is 0 Å². The molecule has 2 fully saturated rings. The van der Waals surface area contributed by atoms with Crippen molar-refractivity contribution in [1.29, 1.82) is 0 Å². The molecular formula is C19H28N6O2. The van der Waals surface area contributed by atoms with Crippen molar-refractivity contribution in [3.8, 4) is 0 Å². The summed E-state index contributed by atoms with van der Waals surface area (Å²) in [6, 6.07) is 4.05. The summed E-state index contributed by atoms with van der Waals surface area (Å²) in [5.41, 5.74) is 1.85. The number of carbonyl (C=O) groups excluding carboxylic acids is 1. The topological polar surface area (TPSA) is 84.7 Å². The third-order valence-electron chi connectivity index (χ3n) is 5.45. The average molecular weight is 372 g/mol. The molecule has 0 saturated carbocycles. The monoisotopic (exact) mass is 372 g/mol. The van der Waals surface area contributed by atoms with E-state index in [0.717, 1.165) is 49.6 Å². The molecule has 2 aromatic rings. The molecule has 1 unspecified atom stereocenters. The molecule has 8 heteroatoms. The van der Waals surface area contributed by atoms with Gasteiger partial charge in [-0.15, -0.1) is 10.2 Å². The molecule has 1 N–H and O–H groups in total. The first-order valence-corrected chi connectivity index (χ1v) is 9.73. The standard InChI is InChI=1S/C19H28N6O2/c1-19(2,3)15-4-5-16-21-22-18(25(16)23-15)13-6-8-24(9-7-13)11-14-10-20-17(26)12-27-14/h4-5,13-14H,6-12H2,1-3H3,(H,20,26). The number of likely N-dealkylation sites (tertiary alicyclic amines) is 1. The van der Waals surface area contributed by atoms with Gasteiger partial charge in [0.25, 0.3) is 0 Å². The Morgan fingerprint density at radius 3 is 2.67 bits per heavy atom. The molecule has 0 radical (unpaired) electrons. The SMILES string of the molecule is CC(C)(C)c1ccc2nnc(C3CCN(CC4CNC(=O)CO4)CC3)n2n1. The van der Waals surface area contributed by atoms with E-state index >= 15 is 0 Å². The van der Waals surface area contributed by atoms with Gasteiger partial charge >= 0.3 is 0 Å². The van der Waals surface area contributed by atoms with Crippen molar-refractivity contribution >= 4 is 11.6 Å². The van der Waals surface area contributed by atoms with Crippen molar-refractivity contribution in [3.63, 3.8) is 0 Å². The zero-order valence-corrected chi connectivity index (χ0v) is 16.3. The molecule has 2 saturated heterocycles. The number of hydrogen-bond donors (Lipinski definition) is 1. The van der Waals surface area contributed by atoms with E-state index in [9.17, 15) is 4.79 Å². The number of aromatic nitrogens is 4. The second kappa shape index (κ2) is 7.16. The predicted molar refractivity (Wildman–Crippen MR) is 101 cm³/mol. The van der Waals surface area contributed by atoms with Gasteiger partial charge in [-0.1, -0.05) is 20.8 Å². The molecule has 8 nitrogen and oxygen atoms in total. The van der Waals surface area contributed by atoms with Gasteiger partial charge in [0, 0.05) is 24.4 Å². The van der Waals surface area contributed by atoms with Crippen molar-refractivity contribution in [2.45, 2.75) is 51.0 Å². The molecule has 0 bridgehead atoms. The number of amides is 1. The minimum Gasteiger partial charge on any atom is -0.365 e. The van der Waals surface area contributed by atoms with Gasteiger partial charge in [0.15, 0.2) is 11.5 Å². The lowest BCUT2D eigenvalue weighted by Crippen LogP contribution is -2.49. The van der Waals surface area contributed by atoms with E-state index in [0.29, 0.717) is 12.5 Å². The maximum atomic E-state index is 11.2. The van der Waals surface area contributed by atoms with Gasteiger partial charge in [0.1, 0.15) is 6.61 Å². The molecule has 0 aromatic carbocycles. The first kappa shape index (κ1) is 18.3. The maximum absolute atomic E-state index is 11.2. The number of nitrogens with zero attached hydrogens (tertiary/aromatic N) is 5. The number of morpholine rings is 1. The molecule has 2 aromatic heterocycles. The van der Waals surface area contributed by atoms with Gasteiger partial charge in [-0.05, 0) is 38.1 Å². The van der Waals surface area contributed by atoms with E-state index in [4.69, 9.17) is 9.84 Å². The highest BCUT2D eigenvalue weighted by Crippen LogP contribution is 2.28. The molecule has 1 atom stereocenters. The van der Waals surface area contributed by atoms with Crippen LogP contribution in [-0.2, 0) is 14.9 Å². The molecule has 2 aliphatic heterocycles. The fourth-order valence-electron chi connectivity index (χ4n) is 3.77. The Morgan fingerprint density at radius 1 is 1.22 bits per heavy atom. The summed E-state index contributed by atoms with van der Waals surface area (Å²) in [4.78, 5) is 13.6. The molecule has 0 spiro atoms. The van der Waals surface area contributed by atoms with Gasteiger partial charge in [-0.3, -0.25) is 4.79 Å². The number of carbonyl (C=O) groups is 1. The van der Waals surface area contributed by atoms with Crippen molar-refractivity contribution < 1.29 is 9.53 Å². The van der Waals surface area contributed by atoms with Crippen LogP contribution < -0.4 is 5.32 Å². The highest BCUT2D eigenvalue weighted by atomic mass is 16.5. The second-order valence-electron chi connectivity index (χ2n) is 8.61. The molecule has 27 heavy (non-hydrogen) atoms. The lowest BCUT2D eigenvalue weighted by molar-refractivity contribution is -0.134. The van der Waals surface area contributed by atoms with Gasteiger partial charge in [-0.2, -0.15) is 9.61 Å². The van der Waals surface area contributed by atoms with E-state index in [-0.39, 0.29) is 24.0 Å². The van der Waals surface area contributed by atoms with Crippen molar-refractivity contribution in [2.75, 3.05) is 32.8 Å². The normalized spacial score (nSPS) is 22.9. The van der Waals surface area contributed by atoms with Crippen LogP contribution in [0.1, 0.15) is 51.0 Å². The summed E-state index contributed by atoms with van der Waals surface area (Å²) in [6.07, 6.45) is 2.15. The van der Waals surface area contributed by atoms with E-state index in [1.54, 1.807) is 0 Å². The van der Waals surface area contributed by atoms with Crippen molar-refractivity contribution in [1.82, 2.24) is 30.0 Å². The molecule has 4 rings (SSSR count).